The van der Waals surface area contributed by atoms with E-state index < -0.39 is 5.54 Å². The van der Waals surface area contributed by atoms with Crippen molar-refractivity contribution in [2.24, 2.45) is 5.73 Å². The molecule has 1 rings (SSSR count). The number of carbonyl (C=O) groups excluding carboxylic acids is 1. The summed E-state index contributed by atoms with van der Waals surface area (Å²) in [6.07, 6.45) is 2.31. The highest BCUT2D eigenvalue weighted by Gasteiger charge is 2.37. The van der Waals surface area contributed by atoms with E-state index in [2.05, 4.69) is 15.1 Å². The monoisotopic (exact) mass is 242 g/mol. The molecule has 17 heavy (non-hydrogen) atoms. The maximum absolute atomic E-state index is 11.6. The van der Waals surface area contributed by atoms with Crippen molar-refractivity contribution in [2.75, 3.05) is 40.8 Å². The summed E-state index contributed by atoms with van der Waals surface area (Å²) in [6, 6.07) is 0.481. The molecule has 0 aromatic heterocycles. The Morgan fingerprint density at radius 1 is 1.35 bits per heavy atom. The Labute approximate surface area is 104 Å². The van der Waals surface area contributed by atoms with Crippen molar-refractivity contribution in [3.8, 4) is 0 Å². The third kappa shape index (κ3) is 5.02. The van der Waals surface area contributed by atoms with Crippen LogP contribution in [0.5, 0.6) is 0 Å². The van der Waals surface area contributed by atoms with E-state index in [4.69, 9.17) is 5.73 Å². The first-order valence-corrected chi connectivity index (χ1v) is 6.24. The predicted octanol–water partition coefficient (Wildman–Crippen LogP) is -0.524. The molecule has 1 amide bonds. The molecule has 5 nitrogen and oxygen atoms in total. The van der Waals surface area contributed by atoms with Gasteiger partial charge in [-0.25, -0.2) is 0 Å². The molecule has 0 saturated heterocycles. The van der Waals surface area contributed by atoms with Gasteiger partial charge in [0.25, 0.3) is 0 Å². The molecule has 1 aliphatic rings. The number of amides is 1. The molecule has 1 atom stereocenters. The van der Waals surface area contributed by atoms with Crippen LogP contribution in [0.1, 0.15) is 19.8 Å². The quantitative estimate of drug-likeness (QED) is 0.601. The van der Waals surface area contributed by atoms with E-state index >= 15 is 0 Å². The van der Waals surface area contributed by atoms with Gasteiger partial charge in [-0.2, -0.15) is 0 Å². The average molecular weight is 242 g/mol. The van der Waals surface area contributed by atoms with Crippen LogP contribution in [0, 0.1) is 0 Å². The average Bonchev–Trinajstić information content (AvgIpc) is 2.98. The molecule has 100 valence electrons. The summed E-state index contributed by atoms with van der Waals surface area (Å²) in [5, 5.41) is 3.36. The summed E-state index contributed by atoms with van der Waals surface area (Å²) in [7, 11) is 6.12. The maximum atomic E-state index is 11.6. The summed E-state index contributed by atoms with van der Waals surface area (Å²) in [6.45, 7) is 4.48. The second-order valence-electron chi connectivity index (χ2n) is 5.66. The van der Waals surface area contributed by atoms with Gasteiger partial charge in [0.1, 0.15) is 5.54 Å². The van der Waals surface area contributed by atoms with Gasteiger partial charge in [0.05, 0.1) is 0 Å². The molecular formula is C12H26N4O. The molecule has 0 heterocycles. The normalized spacial score (nSPS) is 19.6. The van der Waals surface area contributed by atoms with E-state index in [1.165, 1.54) is 0 Å². The number of primary amides is 1. The van der Waals surface area contributed by atoms with E-state index in [0.717, 1.165) is 25.9 Å². The van der Waals surface area contributed by atoms with Gasteiger partial charge in [-0.3, -0.25) is 10.1 Å². The molecule has 0 radical (unpaired) electrons. The summed E-state index contributed by atoms with van der Waals surface area (Å²) in [5.74, 6) is -0.263. The number of hydrogen-bond acceptors (Lipinski definition) is 4. The van der Waals surface area contributed by atoms with Crippen LogP contribution in [-0.2, 0) is 4.79 Å². The molecule has 0 aliphatic heterocycles. The lowest BCUT2D eigenvalue weighted by molar-refractivity contribution is -0.124. The van der Waals surface area contributed by atoms with Crippen LogP contribution in [0.15, 0.2) is 0 Å². The van der Waals surface area contributed by atoms with E-state index in [1.54, 1.807) is 0 Å². The van der Waals surface area contributed by atoms with Crippen molar-refractivity contribution < 1.29 is 4.79 Å². The molecule has 1 aliphatic carbocycles. The second kappa shape index (κ2) is 5.80. The highest BCUT2D eigenvalue weighted by Crippen LogP contribution is 2.22. The lowest BCUT2D eigenvalue weighted by Crippen LogP contribution is -2.60. The lowest BCUT2D eigenvalue weighted by atomic mass is 10.0. The van der Waals surface area contributed by atoms with Gasteiger partial charge in [0, 0.05) is 25.7 Å². The second-order valence-corrected chi connectivity index (χ2v) is 5.66. The van der Waals surface area contributed by atoms with Gasteiger partial charge >= 0.3 is 0 Å². The third-order valence-corrected chi connectivity index (χ3v) is 3.16. The fraction of sp³-hybridized carbons (Fsp3) is 0.917. The summed E-state index contributed by atoms with van der Waals surface area (Å²) in [4.78, 5) is 15.9. The minimum absolute atomic E-state index is 0.263. The zero-order valence-electron chi connectivity index (χ0n) is 11.5. The molecule has 1 fully saturated rings. The number of nitrogens with zero attached hydrogens (tertiary/aromatic N) is 2. The van der Waals surface area contributed by atoms with Crippen LogP contribution in [0.2, 0.25) is 0 Å². The smallest absolute Gasteiger partial charge is 0.238 e. The number of carbonyl (C=O) groups is 1. The van der Waals surface area contributed by atoms with E-state index in [1.807, 2.05) is 28.1 Å². The first kappa shape index (κ1) is 14.4. The predicted molar refractivity (Wildman–Crippen MR) is 69.8 cm³/mol. The summed E-state index contributed by atoms with van der Waals surface area (Å²) in [5.41, 5.74) is 4.90. The molecule has 5 heteroatoms. The summed E-state index contributed by atoms with van der Waals surface area (Å²) >= 11 is 0. The van der Waals surface area contributed by atoms with Crippen LogP contribution >= 0.6 is 0 Å². The van der Waals surface area contributed by atoms with Crippen LogP contribution in [0.4, 0.5) is 0 Å². The Bertz CT molecular complexity index is 265. The standard InChI is InChI=1S/C12H26N4O/c1-12(11(13)17,14-10-5-6-10)9-16(4)8-7-15(2)3/h10,14H,5-9H2,1-4H3,(H2,13,17). The minimum atomic E-state index is -0.609. The van der Waals surface area contributed by atoms with Crippen LogP contribution in [0.3, 0.4) is 0 Å². The Balaban J connectivity index is 2.44. The van der Waals surface area contributed by atoms with Crippen molar-refractivity contribution in [1.29, 1.82) is 0 Å². The lowest BCUT2D eigenvalue weighted by Gasteiger charge is -2.32. The minimum Gasteiger partial charge on any atom is -0.368 e. The van der Waals surface area contributed by atoms with Gasteiger partial charge in [-0.05, 0) is 40.9 Å². The molecule has 0 spiro atoms. The van der Waals surface area contributed by atoms with E-state index in [9.17, 15) is 4.79 Å². The van der Waals surface area contributed by atoms with Crippen molar-refractivity contribution in [3.63, 3.8) is 0 Å². The number of rotatable bonds is 8. The Morgan fingerprint density at radius 2 is 1.94 bits per heavy atom. The fourth-order valence-corrected chi connectivity index (χ4v) is 1.86. The number of likely N-dealkylation sites (N-methyl/N-ethyl adjacent to an activating group) is 2. The fourth-order valence-electron chi connectivity index (χ4n) is 1.86. The topological polar surface area (TPSA) is 61.6 Å². The Kier molecular flexibility index (Phi) is 4.91. The van der Waals surface area contributed by atoms with Gasteiger partial charge in [0.2, 0.25) is 5.91 Å². The van der Waals surface area contributed by atoms with Gasteiger partial charge in [0.15, 0.2) is 0 Å². The summed E-state index contributed by atoms with van der Waals surface area (Å²) < 4.78 is 0. The van der Waals surface area contributed by atoms with Crippen LogP contribution < -0.4 is 11.1 Å². The number of nitrogens with one attached hydrogen (secondary N) is 1. The molecule has 0 aromatic carbocycles. The van der Waals surface area contributed by atoms with Crippen LogP contribution in [-0.4, -0.2) is 68.1 Å². The number of hydrogen-bond donors (Lipinski definition) is 2. The van der Waals surface area contributed by atoms with E-state index in [0.29, 0.717) is 12.6 Å². The molecule has 0 bridgehead atoms. The molecule has 1 unspecified atom stereocenters. The van der Waals surface area contributed by atoms with Crippen molar-refractivity contribution in [1.82, 2.24) is 15.1 Å². The van der Waals surface area contributed by atoms with Gasteiger partial charge in [-0.15, -0.1) is 0 Å². The van der Waals surface area contributed by atoms with Gasteiger partial charge < -0.3 is 15.5 Å². The SMILES string of the molecule is CN(C)CCN(C)CC(C)(NC1CC1)C(N)=O. The highest BCUT2D eigenvalue weighted by atomic mass is 16.1. The van der Waals surface area contributed by atoms with Gasteiger partial charge in [-0.1, -0.05) is 0 Å². The highest BCUT2D eigenvalue weighted by molar-refractivity contribution is 5.84. The van der Waals surface area contributed by atoms with E-state index in [-0.39, 0.29) is 5.91 Å². The maximum Gasteiger partial charge on any atom is 0.238 e. The Morgan fingerprint density at radius 3 is 2.35 bits per heavy atom. The Hall–Kier alpha value is -0.650. The van der Waals surface area contributed by atoms with Crippen LogP contribution in [0.25, 0.3) is 0 Å². The molecule has 0 aromatic rings. The first-order valence-electron chi connectivity index (χ1n) is 6.24. The molecular weight excluding hydrogens is 216 g/mol. The molecule has 1 saturated carbocycles. The zero-order chi connectivity index (χ0) is 13.1. The number of nitrogens with two attached hydrogens (primary N) is 1. The first-order chi connectivity index (χ1) is 7.83. The molecule has 3 N–H and O–H groups in total. The van der Waals surface area contributed by atoms with Crippen molar-refractivity contribution in [2.45, 2.75) is 31.3 Å². The zero-order valence-corrected chi connectivity index (χ0v) is 11.5. The third-order valence-electron chi connectivity index (χ3n) is 3.16. The van der Waals surface area contributed by atoms with Crippen molar-refractivity contribution >= 4 is 5.91 Å². The van der Waals surface area contributed by atoms with Crippen molar-refractivity contribution in [3.05, 3.63) is 0 Å². The largest absolute Gasteiger partial charge is 0.368 e.